The van der Waals surface area contributed by atoms with Gasteiger partial charge in [0.15, 0.2) is 0 Å². The van der Waals surface area contributed by atoms with Gasteiger partial charge < -0.3 is 5.11 Å². The summed E-state index contributed by atoms with van der Waals surface area (Å²) in [5.74, 6) is 0.282. The maximum absolute atomic E-state index is 10.2. The van der Waals surface area contributed by atoms with Crippen molar-refractivity contribution >= 4 is 32.3 Å². The molecule has 0 heterocycles. The summed E-state index contributed by atoms with van der Waals surface area (Å²) in [6.07, 6.45) is 0. The first-order valence-corrected chi connectivity index (χ1v) is 10.5. The van der Waals surface area contributed by atoms with E-state index >= 15 is 0 Å². The van der Waals surface area contributed by atoms with Crippen molar-refractivity contribution in [1.29, 1.82) is 0 Å². The van der Waals surface area contributed by atoms with Gasteiger partial charge in [0.2, 0.25) is 0 Å². The second kappa shape index (κ2) is 7.00. The number of hydrogen-bond acceptors (Lipinski definition) is 1. The molecule has 0 unspecified atom stereocenters. The van der Waals surface area contributed by atoms with Gasteiger partial charge in [0.05, 0.1) is 0 Å². The van der Waals surface area contributed by atoms with Gasteiger partial charge in [0.1, 0.15) is 5.75 Å². The van der Waals surface area contributed by atoms with Crippen LogP contribution in [-0.2, 0) is 0 Å². The summed E-state index contributed by atoms with van der Waals surface area (Å²) < 4.78 is 0. The van der Waals surface area contributed by atoms with Crippen LogP contribution in [0.1, 0.15) is 0 Å². The average Bonchev–Trinajstić information content (AvgIpc) is 2.82. The fraction of sp³-hybridized carbons (Fsp3) is 0. The highest BCUT2D eigenvalue weighted by atomic mass is 16.3. The summed E-state index contributed by atoms with van der Waals surface area (Å²) in [5, 5.41) is 17.5. The van der Waals surface area contributed by atoms with Crippen molar-refractivity contribution in [2.75, 3.05) is 0 Å². The topological polar surface area (TPSA) is 20.2 Å². The molecular formula is C30H20O. The van der Waals surface area contributed by atoms with E-state index in [1.165, 1.54) is 43.4 Å². The van der Waals surface area contributed by atoms with E-state index in [-0.39, 0.29) is 5.75 Å². The highest BCUT2D eigenvalue weighted by molar-refractivity contribution is 6.21. The van der Waals surface area contributed by atoms with E-state index < -0.39 is 0 Å². The first-order chi connectivity index (χ1) is 15.3. The number of fused-ring (bicyclic) bond motifs is 3. The monoisotopic (exact) mass is 396 g/mol. The number of benzene rings is 6. The lowest BCUT2D eigenvalue weighted by atomic mass is 9.85. The molecule has 0 aliphatic rings. The van der Waals surface area contributed by atoms with E-state index in [0.717, 1.165) is 11.1 Å². The van der Waals surface area contributed by atoms with Crippen molar-refractivity contribution < 1.29 is 5.11 Å². The van der Waals surface area contributed by atoms with Crippen molar-refractivity contribution in [1.82, 2.24) is 0 Å². The molecule has 0 saturated heterocycles. The molecule has 0 aliphatic heterocycles. The van der Waals surface area contributed by atoms with Gasteiger partial charge in [-0.15, -0.1) is 0 Å². The van der Waals surface area contributed by atoms with Crippen molar-refractivity contribution in [2.24, 2.45) is 0 Å². The van der Waals surface area contributed by atoms with Gasteiger partial charge >= 0.3 is 0 Å². The van der Waals surface area contributed by atoms with Crippen LogP contribution >= 0.6 is 0 Å². The predicted octanol–water partition coefficient (Wildman–Crippen LogP) is 8.19. The minimum Gasteiger partial charge on any atom is -0.508 e. The Morgan fingerprint density at radius 1 is 0.387 bits per heavy atom. The number of rotatable bonds is 2. The third-order valence-electron chi connectivity index (χ3n) is 6.10. The summed E-state index contributed by atoms with van der Waals surface area (Å²) in [4.78, 5) is 0. The van der Waals surface area contributed by atoms with Gasteiger partial charge in [0.25, 0.3) is 0 Å². The summed E-state index contributed by atoms with van der Waals surface area (Å²) in [5.41, 5.74) is 4.65. The first-order valence-electron chi connectivity index (χ1n) is 10.5. The zero-order valence-corrected chi connectivity index (χ0v) is 16.9. The molecule has 0 atom stereocenters. The summed E-state index contributed by atoms with van der Waals surface area (Å²) in [7, 11) is 0. The van der Waals surface area contributed by atoms with Crippen molar-refractivity contribution in [2.45, 2.75) is 0 Å². The molecule has 6 aromatic rings. The lowest BCUT2D eigenvalue weighted by molar-refractivity contribution is 0.475. The van der Waals surface area contributed by atoms with Crippen LogP contribution in [0.15, 0.2) is 115 Å². The fourth-order valence-electron chi connectivity index (χ4n) is 4.76. The maximum Gasteiger partial charge on any atom is 0.116 e. The van der Waals surface area contributed by atoms with Gasteiger partial charge in [0, 0.05) is 0 Å². The Bertz CT molecular complexity index is 1540. The molecule has 0 aliphatic carbocycles. The molecular weight excluding hydrogens is 376 g/mol. The van der Waals surface area contributed by atoms with Gasteiger partial charge in [-0.25, -0.2) is 0 Å². The van der Waals surface area contributed by atoms with Crippen LogP contribution in [-0.4, -0.2) is 5.11 Å². The van der Waals surface area contributed by atoms with E-state index in [4.69, 9.17) is 0 Å². The van der Waals surface area contributed by atoms with Crippen LogP contribution in [0.5, 0.6) is 5.75 Å². The molecule has 31 heavy (non-hydrogen) atoms. The molecule has 1 nitrogen and oxygen atoms in total. The Morgan fingerprint density at radius 3 is 1.48 bits per heavy atom. The Hall–Kier alpha value is -4.10. The molecule has 0 fully saturated rings. The summed E-state index contributed by atoms with van der Waals surface area (Å²) in [6, 6.07) is 39.9. The van der Waals surface area contributed by atoms with Crippen LogP contribution in [0, 0.1) is 0 Å². The Balaban J connectivity index is 1.78. The molecule has 1 N–H and O–H groups in total. The van der Waals surface area contributed by atoms with Crippen LogP contribution in [0.3, 0.4) is 0 Å². The van der Waals surface area contributed by atoms with Crippen molar-refractivity contribution in [3.63, 3.8) is 0 Å². The molecule has 0 aromatic heterocycles. The first kappa shape index (κ1) is 17.7. The predicted molar refractivity (Wildman–Crippen MR) is 131 cm³/mol. The molecule has 6 aromatic carbocycles. The molecule has 6 rings (SSSR count). The van der Waals surface area contributed by atoms with Gasteiger partial charge in [-0.2, -0.15) is 0 Å². The SMILES string of the molecule is Oc1cccc(-c2c3ccccc3c(-c3ccc4ccccc4c3)c3ccccc23)c1. The normalized spacial score (nSPS) is 11.4. The second-order valence-corrected chi connectivity index (χ2v) is 7.95. The number of aromatic hydroxyl groups is 1. The van der Waals surface area contributed by atoms with Gasteiger partial charge in [-0.05, 0) is 72.8 Å². The lowest BCUT2D eigenvalue weighted by Gasteiger charge is -2.18. The third-order valence-corrected chi connectivity index (χ3v) is 6.10. The lowest BCUT2D eigenvalue weighted by Crippen LogP contribution is -1.90. The standard InChI is InChI=1S/C30H20O/c31-24-11-7-10-22(19-24)29-25-12-3-5-14-27(25)30(28-15-6-4-13-26(28)29)23-17-16-20-8-1-2-9-21(20)18-23/h1-19,31H. The highest BCUT2D eigenvalue weighted by Crippen LogP contribution is 2.44. The molecule has 0 bridgehead atoms. The second-order valence-electron chi connectivity index (χ2n) is 7.95. The van der Waals surface area contributed by atoms with Crippen molar-refractivity contribution in [3.8, 4) is 28.0 Å². The van der Waals surface area contributed by atoms with Gasteiger partial charge in [-0.1, -0.05) is 97.1 Å². The van der Waals surface area contributed by atoms with Gasteiger partial charge in [-0.3, -0.25) is 0 Å². The Morgan fingerprint density at radius 2 is 0.903 bits per heavy atom. The summed E-state index contributed by atoms with van der Waals surface area (Å²) in [6.45, 7) is 0. The molecule has 0 radical (unpaired) electrons. The number of phenolic OH excluding ortho intramolecular Hbond substituents is 1. The zero-order chi connectivity index (χ0) is 20.8. The fourth-order valence-corrected chi connectivity index (χ4v) is 4.76. The van der Waals surface area contributed by atoms with E-state index in [0.29, 0.717) is 0 Å². The van der Waals surface area contributed by atoms with Crippen LogP contribution in [0.25, 0.3) is 54.6 Å². The molecule has 1 heteroatoms. The van der Waals surface area contributed by atoms with Crippen LogP contribution in [0.2, 0.25) is 0 Å². The minimum atomic E-state index is 0.282. The van der Waals surface area contributed by atoms with Crippen LogP contribution in [0.4, 0.5) is 0 Å². The molecule has 0 saturated carbocycles. The molecule has 0 amide bonds. The smallest absolute Gasteiger partial charge is 0.116 e. The van der Waals surface area contributed by atoms with E-state index in [2.05, 4.69) is 97.1 Å². The van der Waals surface area contributed by atoms with E-state index in [1.807, 2.05) is 12.1 Å². The number of hydrogen-bond donors (Lipinski definition) is 1. The molecule has 0 spiro atoms. The van der Waals surface area contributed by atoms with E-state index in [1.54, 1.807) is 6.07 Å². The van der Waals surface area contributed by atoms with Crippen LogP contribution < -0.4 is 0 Å². The summed E-state index contributed by atoms with van der Waals surface area (Å²) >= 11 is 0. The quantitative estimate of drug-likeness (QED) is 0.293. The Labute approximate surface area is 180 Å². The average molecular weight is 396 g/mol. The largest absolute Gasteiger partial charge is 0.508 e. The third kappa shape index (κ3) is 2.86. The van der Waals surface area contributed by atoms with E-state index in [9.17, 15) is 5.11 Å². The zero-order valence-electron chi connectivity index (χ0n) is 16.9. The number of phenols is 1. The highest BCUT2D eigenvalue weighted by Gasteiger charge is 2.16. The maximum atomic E-state index is 10.2. The minimum absolute atomic E-state index is 0.282. The molecule has 146 valence electrons. The van der Waals surface area contributed by atoms with Crippen molar-refractivity contribution in [3.05, 3.63) is 115 Å². The Kier molecular flexibility index (Phi) is 4.00.